The zero-order chi connectivity index (χ0) is 23.2. The van der Waals surface area contributed by atoms with Crippen LogP contribution in [0.4, 0.5) is 0 Å². The van der Waals surface area contributed by atoms with Crippen LogP contribution in [0.15, 0.2) is 102 Å². The van der Waals surface area contributed by atoms with Crippen molar-refractivity contribution in [2.75, 3.05) is 13.1 Å². The predicted octanol–water partition coefficient (Wildman–Crippen LogP) is 4.33. The largest absolute Gasteiger partial charge is 0.383 e. The standard InChI is InChI=1S/C26H27NO4S/c1-3-18-26(29,23-12-8-5-9-13-23)20-27(19-25(28)22-10-6-4-7-11-22)32(30,31)24-16-14-21(2)15-17-24/h3-17,29H,1,18-20H2,2H3. The smallest absolute Gasteiger partial charge is 0.243 e. The Balaban J connectivity index is 2.03. The minimum Gasteiger partial charge on any atom is -0.383 e. The van der Waals surface area contributed by atoms with E-state index in [1.807, 2.05) is 13.0 Å². The van der Waals surface area contributed by atoms with Crippen LogP contribution in [0.2, 0.25) is 0 Å². The van der Waals surface area contributed by atoms with Crippen molar-refractivity contribution in [3.8, 4) is 0 Å². The number of rotatable bonds is 10. The van der Waals surface area contributed by atoms with Gasteiger partial charge in [0.1, 0.15) is 5.60 Å². The van der Waals surface area contributed by atoms with Crippen LogP contribution < -0.4 is 0 Å². The van der Waals surface area contributed by atoms with Gasteiger partial charge >= 0.3 is 0 Å². The van der Waals surface area contributed by atoms with Gasteiger partial charge in [0.25, 0.3) is 0 Å². The van der Waals surface area contributed by atoms with Gasteiger partial charge < -0.3 is 5.11 Å². The number of carbonyl (C=O) groups excluding carboxylic acids is 1. The van der Waals surface area contributed by atoms with Crippen molar-refractivity contribution >= 4 is 15.8 Å². The maximum atomic E-state index is 13.6. The Morgan fingerprint density at radius 1 is 0.969 bits per heavy atom. The third-order valence-electron chi connectivity index (χ3n) is 5.31. The van der Waals surface area contributed by atoms with Crippen molar-refractivity contribution in [2.45, 2.75) is 23.8 Å². The minimum absolute atomic E-state index is 0.0676. The maximum Gasteiger partial charge on any atom is 0.243 e. The summed E-state index contributed by atoms with van der Waals surface area (Å²) < 4.78 is 28.2. The van der Waals surface area contributed by atoms with Gasteiger partial charge in [0.15, 0.2) is 5.78 Å². The molecule has 0 saturated carbocycles. The summed E-state index contributed by atoms with van der Waals surface area (Å²) in [6, 6.07) is 23.8. The van der Waals surface area contributed by atoms with Crippen molar-refractivity contribution in [2.24, 2.45) is 0 Å². The monoisotopic (exact) mass is 449 g/mol. The molecule has 0 heterocycles. The van der Waals surface area contributed by atoms with Crippen molar-refractivity contribution in [3.63, 3.8) is 0 Å². The highest BCUT2D eigenvalue weighted by Crippen LogP contribution is 2.29. The highest BCUT2D eigenvalue weighted by molar-refractivity contribution is 7.89. The van der Waals surface area contributed by atoms with E-state index in [2.05, 4.69) is 6.58 Å². The number of hydrogen-bond acceptors (Lipinski definition) is 4. The average Bonchev–Trinajstić information content (AvgIpc) is 2.80. The van der Waals surface area contributed by atoms with Gasteiger partial charge in [-0.1, -0.05) is 84.4 Å². The van der Waals surface area contributed by atoms with Crippen LogP contribution in [0.3, 0.4) is 0 Å². The molecule has 3 aromatic carbocycles. The first-order valence-electron chi connectivity index (χ1n) is 10.3. The molecular formula is C26H27NO4S. The van der Waals surface area contributed by atoms with E-state index in [9.17, 15) is 18.3 Å². The van der Waals surface area contributed by atoms with E-state index >= 15 is 0 Å². The lowest BCUT2D eigenvalue weighted by molar-refractivity contribution is 0.0214. The number of aryl methyl sites for hydroxylation is 1. The van der Waals surface area contributed by atoms with Crippen LogP contribution in [-0.2, 0) is 15.6 Å². The van der Waals surface area contributed by atoms with Crippen molar-refractivity contribution in [1.29, 1.82) is 0 Å². The molecule has 0 bridgehead atoms. The third-order valence-corrected chi connectivity index (χ3v) is 7.11. The Kier molecular flexibility index (Phi) is 7.40. The van der Waals surface area contributed by atoms with Crippen LogP contribution in [0, 0.1) is 6.92 Å². The molecular weight excluding hydrogens is 422 g/mol. The average molecular weight is 450 g/mol. The first-order chi connectivity index (χ1) is 15.3. The van der Waals surface area contributed by atoms with Gasteiger partial charge in [-0.3, -0.25) is 4.79 Å². The van der Waals surface area contributed by atoms with E-state index < -0.39 is 22.2 Å². The van der Waals surface area contributed by atoms with E-state index in [1.54, 1.807) is 72.8 Å². The number of carbonyl (C=O) groups is 1. The predicted molar refractivity (Wildman–Crippen MR) is 126 cm³/mol. The molecule has 0 radical (unpaired) electrons. The van der Waals surface area contributed by atoms with E-state index in [1.165, 1.54) is 12.1 Å². The normalized spacial score (nSPS) is 13.5. The van der Waals surface area contributed by atoms with Crippen LogP contribution in [0.25, 0.3) is 0 Å². The first-order valence-corrected chi connectivity index (χ1v) is 11.7. The number of benzene rings is 3. The van der Waals surface area contributed by atoms with Crippen LogP contribution in [0.1, 0.15) is 27.9 Å². The highest BCUT2D eigenvalue weighted by atomic mass is 32.2. The molecule has 5 nitrogen and oxygen atoms in total. The topological polar surface area (TPSA) is 74.7 Å². The molecule has 3 aromatic rings. The molecule has 0 aromatic heterocycles. The fourth-order valence-corrected chi connectivity index (χ4v) is 4.96. The van der Waals surface area contributed by atoms with Crippen LogP contribution >= 0.6 is 0 Å². The fraction of sp³-hybridized carbons (Fsp3) is 0.192. The maximum absolute atomic E-state index is 13.6. The number of ketones is 1. The zero-order valence-electron chi connectivity index (χ0n) is 18.0. The van der Waals surface area contributed by atoms with Gasteiger partial charge in [0.2, 0.25) is 10.0 Å². The number of Topliss-reactive ketones (excluding diaryl/α,β-unsaturated/α-hetero) is 1. The molecule has 0 aliphatic carbocycles. The molecule has 1 atom stereocenters. The summed E-state index contributed by atoms with van der Waals surface area (Å²) in [5, 5.41) is 11.5. The summed E-state index contributed by atoms with van der Waals surface area (Å²) in [5.41, 5.74) is 0.334. The molecule has 166 valence electrons. The second-order valence-electron chi connectivity index (χ2n) is 7.77. The molecule has 3 rings (SSSR count). The Hall–Kier alpha value is -3.06. The second kappa shape index (κ2) is 10.0. The number of hydrogen-bond donors (Lipinski definition) is 1. The third kappa shape index (κ3) is 5.40. The highest BCUT2D eigenvalue weighted by Gasteiger charge is 2.37. The Bertz CT molecular complexity index is 1160. The molecule has 1 N–H and O–H groups in total. The Morgan fingerprint density at radius 3 is 2.09 bits per heavy atom. The summed E-state index contributed by atoms with van der Waals surface area (Å²) in [5.74, 6) is -0.352. The number of nitrogens with zero attached hydrogens (tertiary/aromatic N) is 1. The molecule has 6 heteroatoms. The van der Waals surface area contributed by atoms with E-state index in [-0.39, 0.29) is 23.6 Å². The van der Waals surface area contributed by atoms with Gasteiger partial charge in [-0.05, 0) is 31.0 Å². The molecule has 1 unspecified atom stereocenters. The number of sulfonamides is 1. The Morgan fingerprint density at radius 2 is 1.53 bits per heavy atom. The van der Waals surface area contributed by atoms with E-state index in [0.29, 0.717) is 11.1 Å². The van der Waals surface area contributed by atoms with Gasteiger partial charge in [0, 0.05) is 12.1 Å². The quantitative estimate of drug-likeness (QED) is 0.369. The SMILES string of the molecule is C=CCC(O)(CN(CC(=O)c1ccccc1)S(=O)(=O)c1ccc(C)cc1)c1ccccc1. The fourth-order valence-electron chi connectivity index (χ4n) is 3.51. The molecule has 0 aliphatic rings. The Labute approximate surface area is 189 Å². The van der Waals surface area contributed by atoms with Crippen molar-refractivity contribution < 1.29 is 18.3 Å². The zero-order valence-corrected chi connectivity index (χ0v) is 18.8. The van der Waals surface area contributed by atoms with E-state index in [0.717, 1.165) is 9.87 Å². The van der Waals surface area contributed by atoms with Gasteiger partial charge in [-0.25, -0.2) is 8.42 Å². The lowest BCUT2D eigenvalue weighted by Crippen LogP contribution is -2.46. The second-order valence-corrected chi connectivity index (χ2v) is 9.70. The molecule has 0 amide bonds. The molecule has 0 aliphatic heterocycles. The van der Waals surface area contributed by atoms with Gasteiger partial charge in [0.05, 0.1) is 11.4 Å². The molecule has 0 spiro atoms. The summed E-state index contributed by atoms with van der Waals surface area (Å²) >= 11 is 0. The van der Waals surface area contributed by atoms with Crippen molar-refractivity contribution in [3.05, 3.63) is 114 Å². The van der Waals surface area contributed by atoms with Gasteiger partial charge in [-0.15, -0.1) is 6.58 Å². The number of aliphatic hydroxyl groups is 1. The van der Waals surface area contributed by atoms with Crippen LogP contribution in [-0.4, -0.2) is 36.7 Å². The summed E-state index contributed by atoms with van der Waals surface area (Å²) in [6.07, 6.45) is 1.67. The summed E-state index contributed by atoms with van der Waals surface area (Å²) in [4.78, 5) is 13.0. The summed E-state index contributed by atoms with van der Waals surface area (Å²) in [7, 11) is -4.06. The lowest BCUT2D eigenvalue weighted by atomic mass is 9.90. The van der Waals surface area contributed by atoms with E-state index in [4.69, 9.17) is 0 Å². The first kappa shape index (κ1) is 23.6. The lowest BCUT2D eigenvalue weighted by Gasteiger charge is -2.33. The summed E-state index contributed by atoms with van der Waals surface area (Å²) in [6.45, 7) is 4.90. The van der Waals surface area contributed by atoms with Gasteiger partial charge in [-0.2, -0.15) is 4.31 Å². The molecule has 32 heavy (non-hydrogen) atoms. The molecule has 0 fully saturated rings. The molecule has 0 saturated heterocycles. The van der Waals surface area contributed by atoms with Crippen molar-refractivity contribution in [1.82, 2.24) is 4.31 Å². The minimum atomic E-state index is -4.06. The van der Waals surface area contributed by atoms with Crippen LogP contribution in [0.5, 0.6) is 0 Å².